The molecular formula is C27H17Cl2FN4O4. The van der Waals surface area contributed by atoms with Gasteiger partial charge in [0.05, 0.1) is 39.8 Å². The van der Waals surface area contributed by atoms with Gasteiger partial charge in [-0.1, -0.05) is 41.4 Å². The number of halogens is 3. The Morgan fingerprint density at radius 2 is 1.95 bits per heavy atom. The van der Waals surface area contributed by atoms with E-state index in [9.17, 15) is 14.0 Å². The number of nitrogens with zero attached hydrogens (tertiary/aromatic N) is 3. The van der Waals surface area contributed by atoms with Crippen LogP contribution in [0.4, 0.5) is 4.39 Å². The second kappa shape index (κ2) is 10.9. The Bertz CT molecular complexity index is 1730. The molecule has 0 saturated heterocycles. The number of hydrazone groups is 1. The molecule has 0 aliphatic rings. The Labute approximate surface area is 224 Å². The summed E-state index contributed by atoms with van der Waals surface area (Å²) in [5.74, 6) is -0.810. The fraction of sp³-hybridized carbons (Fsp3) is 0.0370. The standard InChI is InChI=1S/C27H17Cl2FN4O4/c28-17-10-21-26(36)16(14-38-27(21)22(29)11-17)13-31-33-25(35)15-37-24-7-6-18(30)12-20(24)23-8-9-32-34(23)19-4-2-1-3-5-19/h1-14H,15H2,(H,33,35)/b31-13+. The maximum absolute atomic E-state index is 14.1. The van der Waals surface area contributed by atoms with Crippen molar-refractivity contribution in [2.45, 2.75) is 0 Å². The topological polar surface area (TPSA) is 98.7 Å². The molecular weight excluding hydrogens is 534 g/mol. The van der Waals surface area contributed by atoms with Crippen molar-refractivity contribution >= 4 is 46.3 Å². The highest BCUT2D eigenvalue weighted by Crippen LogP contribution is 2.32. The Morgan fingerprint density at radius 1 is 1.13 bits per heavy atom. The summed E-state index contributed by atoms with van der Waals surface area (Å²) in [6.45, 7) is -0.424. The van der Waals surface area contributed by atoms with Crippen LogP contribution in [0.25, 0.3) is 27.9 Å². The fourth-order valence-electron chi connectivity index (χ4n) is 3.73. The lowest BCUT2D eigenvalue weighted by Gasteiger charge is -2.13. The molecule has 11 heteroatoms. The second-order valence-corrected chi connectivity index (χ2v) is 8.81. The predicted molar refractivity (Wildman–Crippen MR) is 143 cm³/mol. The van der Waals surface area contributed by atoms with Crippen LogP contribution in [0.2, 0.25) is 10.0 Å². The van der Waals surface area contributed by atoms with Crippen molar-refractivity contribution in [3.8, 4) is 22.7 Å². The Kier molecular flexibility index (Phi) is 7.21. The molecule has 3 aromatic carbocycles. The molecule has 0 radical (unpaired) electrons. The number of aromatic nitrogens is 2. The van der Waals surface area contributed by atoms with Crippen molar-refractivity contribution in [2.75, 3.05) is 6.61 Å². The lowest BCUT2D eigenvalue weighted by molar-refractivity contribution is -0.123. The maximum Gasteiger partial charge on any atom is 0.277 e. The highest BCUT2D eigenvalue weighted by Gasteiger charge is 2.15. The molecule has 0 saturated carbocycles. The third kappa shape index (κ3) is 5.29. The average Bonchev–Trinajstić information content (AvgIpc) is 3.40. The zero-order valence-corrected chi connectivity index (χ0v) is 20.9. The molecule has 1 amide bonds. The van der Waals surface area contributed by atoms with E-state index in [1.807, 2.05) is 30.3 Å². The Balaban J connectivity index is 1.30. The van der Waals surface area contributed by atoms with E-state index in [4.69, 9.17) is 32.4 Å². The normalized spacial score (nSPS) is 11.2. The van der Waals surface area contributed by atoms with Crippen LogP contribution in [0.5, 0.6) is 5.75 Å². The average molecular weight is 551 g/mol. The summed E-state index contributed by atoms with van der Waals surface area (Å²) in [5.41, 5.74) is 3.90. The smallest absolute Gasteiger partial charge is 0.277 e. The molecule has 2 heterocycles. The first-order valence-corrected chi connectivity index (χ1v) is 11.9. The molecule has 2 aromatic heterocycles. The molecule has 38 heavy (non-hydrogen) atoms. The zero-order valence-electron chi connectivity index (χ0n) is 19.4. The van der Waals surface area contributed by atoms with Gasteiger partial charge in [0.1, 0.15) is 17.8 Å². The van der Waals surface area contributed by atoms with Crippen LogP contribution in [0.3, 0.4) is 0 Å². The predicted octanol–water partition coefficient (Wildman–Crippen LogP) is 5.62. The van der Waals surface area contributed by atoms with Crippen LogP contribution in [0.1, 0.15) is 5.56 Å². The van der Waals surface area contributed by atoms with E-state index in [1.54, 1.807) is 16.9 Å². The molecule has 1 N–H and O–H groups in total. The summed E-state index contributed by atoms with van der Waals surface area (Å²) < 4.78 is 26.9. The van der Waals surface area contributed by atoms with E-state index < -0.39 is 23.8 Å². The van der Waals surface area contributed by atoms with Crippen LogP contribution in [-0.4, -0.2) is 28.5 Å². The number of para-hydroxylation sites is 1. The summed E-state index contributed by atoms with van der Waals surface area (Å²) in [7, 11) is 0. The minimum Gasteiger partial charge on any atom is -0.483 e. The van der Waals surface area contributed by atoms with Gasteiger partial charge in [0, 0.05) is 10.6 Å². The van der Waals surface area contributed by atoms with Gasteiger partial charge in [-0.25, -0.2) is 14.5 Å². The third-order valence-electron chi connectivity index (χ3n) is 5.43. The first-order valence-electron chi connectivity index (χ1n) is 11.2. The SMILES string of the molecule is O=C(COc1ccc(F)cc1-c1ccnn1-c1ccccc1)N/N=C/c1coc2c(Cl)cc(Cl)cc2c1=O. The minimum atomic E-state index is -0.607. The number of ether oxygens (including phenoxy) is 1. The van der Waals surface area contributed by atoms with Crippen molar-refractivity contribution in [3.05, 3.63) is 111 Å². The first kappa shape index (κ1) is 25.2. The number of benzene rings is 3. The van der Waals surface area contributed by atoms with Gasteiger partial charge in [0.2, 0.25) is 5.43 Å². The number of carbonyl (C=O) groups is 1. The summed E-state index contributed by atoms with van der Waals surface area (Å²) in [6, 6.07) is 17.9. The number of amides is 1. The number of hydrogen-bond acceptors (Lipinski definition) is 6. The van der Waals surface area contributed by atoms with Crippen LogP contribution < -0.4 is 15.6 Å². The van der Waals surface area contributed by atoms with Gasteiger partial charge in [-0.3, -0.25) is 9.59 Å². The van der Waals surface area contributed by atoms with E-state index >= 15 is 0 Å². The molecule has 0 atom stereocenters. The number of nitrogens with one attached hydrogen (secondary N) is 1. The summed E-state index contributed by atoms with van der Waals surface area (Å²) in [6.07, 6.45) is 3.90. The van der Waals surface area contributed by atoms with Crippen LogP contribution in [0, 0.1) is 5.82 Å². The monoisotopic (exact) mass is 550 g/mol. The molecule has 0 fully saturated rings. The largest absolute Gasteiger partial charge is 0.483 e. The second-order valence-electron chi connectivity index (χ2n) is 7.97. The van der Waals surface area contributed by atoms with Crippen molar-refractivity contribution in [2.24, 2.45) is 5.10 Å². The van der Waals surface area contributed by atoms with Gasteiger partial charge < -0.3 is 9.15 Å². The fourth-order valence-corrected chi connectivity index (χ4v) is 4.27. The van der Waals surface area contributed by atoms with Crippen LogP contribution in [0.15, 0.2) is 93.5 Å². The molecule has 0 aliphatic carbocycles. The Hall–Kier alpha value is -4.47. The van der Waals surface area contributed by atoms with Gasteiger partial charge in [-0.15, -0.1) is 0 Å². The van der Waals surface area contributed by atoms with Crippen molar-refractivity contribution in [1.29, 1.82) is 0 Å². The highest BCUT2D eigenvalue weighted by atomic mass is 35.5. The van der Waals surface area contributed by atoms with Gasteiger partial charge in [-0.2, -0.15) is 10.2 Å². The highest BCUT2D eigenvalue weighted by molar-refractivity contribution is 6.38. The van der Waals surface area contributed by atoms with E-state index in [0.29, 0.717) is 11.3 Å². The van der Waals surface area contributed by atoms with Crippen molar-refractivity contribution in [3.63, 3.8) is 0 Å². The molecule has 0 bridgehead atoms. The van der Waals surface area contributed by atoms with Crippen molar-refractivity contribution < 1.29 is 18.3 Å². The number of carbonyl (C=O) groups excluding carboxylic acids is 1. The van der Waals surface area contributed by atoms with E-state index in [0.717, 1.165) is 11.9 Å². The van der Waals surface area contributed by atoms with E-state index in [1.165, 1.54) is 36.6 Å². The van der Waals surface area contributed by atoms with Crippen molar-refractivity contribution in [1.82, 2.24) is 15.2 Å². The molecule has 5 aromatic rings. The third-order valence-corrected chi connectivity index (χ3v) is 5.93. The quantitative estimate of drug-likeness (QED) is 0.209. The van der Waals surface area contributed by atoms with Crippen LogP contribution >= 0.6 is 23.2 Å². The minimum absolute atomic E-state index is 0.0760. The van der Waals surface area contributed by atoms with Gasteiger partial charge >= 0.3 is 0 Å². The summed E-state index contributed by atoms with van der Waals surface area (Å²) in [4.78, 5) is 25.1. The summed E-state index contributed by atoms with van der Waals surface area (Å²) in [5, 5.41) is 8.79. The molecule has 0 spiro atoms. The lowest BCUT2D eigenvalue weighted by Crippen LogP contribution is -2.25. The molecule has 8 nitrogen and oxygen atoms in total. The lowest BCUT2D eigenvalue weighted by atomic mass is 10.1. The van der Waals surface area contributed by atoms with E-state index in [2.05, 4.69) is 15.6 Å². The summed E-state index contributed by atoms with van der Waals surface area (Å²) >= 11 is 12.0. The first-order chi connectivity index (χ1) is 18.4. The molecule has 0 unspecified atom stereocenters. The number of hydrogen-bond donors (Lipinski definition) is 1. The van der Waals surface area contributed by atoms with E-state index in [-0.39, 0.29) is 32.3 Å². The maximum atomic E-state index is 14.1. The number of fused-ring (bicyclic) bond motifs is 1. The molecule has 5 rings (SSSR count). The van der Waals surface area contributed by atoms with Gasteiger partial charge in [-0.05, 0) is 48.5 Å². The number of rotatable bonds is 7. The van der Waals surface area contributed by atoms with Gasteiger partial charge in [0.25, 0.3) is 5.91 Å². The molecule has 190 valence electrons. The Morgan fingerprint density at radius 3 is 2.76 bits per heavy atom. The zero-order chi connectivity index (χ0) is 26.6. The van der Waals surface area contributed by atoms with Gasteiger partial charge in [0.15, 0.2) is 12.2 Å². The van der Waals surface area contributed by atoms with Crippen LogP contribution in [-0.2, 0) is 4.79 Å². The molecule has 0 aliphatic heterocycles.